The van der Waals surface area contributed by atoms with Gasteiger partial charge in [0.05, 0.1) is 0 Å². The Balaban J connectivity index is 1.80. The van der Waals surface area contributed by atoms with Crippen molar-refractivity contribution >= 4 is 11.6 Å². The zero-order chi connectivity index (χ0) is 20.1. The largest absolute Gasteiger partial charge is 0.425 e. The van der Waals surface area contributed by atoms with Gasteiger partial charge in [0.25, 0.3) is 0 Å². The highest BCUT2D eigenvalue weighted by Crippen LogP contribution is 2.57. The number of carbonyl (C=O) groups is 1. The molecular formula is C20H18F3N3O2. The van der Waals surface area contributed by atoms with E-state index in [4.69, 9.17) is 5.73 Å². The third kappa shape index (κ3) is 2.51. The molecule has 1 saturated heterocycles. The number of nitrogens with zero attached hydrogens (tertiary/aromatic N) is 2. The zero-order valence-corrected chi connectivity index (χ0v) is 14.9. The number of hydrogen-bond acceptors (Lipinski definition) is 4. The Morgan fingerprint density at radius 1 is 1.07 bits per heavy atom. The lowest BCUT2D eigenvalue weighted by Gasteiger charge is -2.33. The fourth-order valence-corrected chi connectivity index (χ4v) is 4.32. The van der Waals surface area contributed by atoms with Gasteiger partial charge >= 0.3 is 6.18 Å². The third-order valence-corrected chi connectivity index (χ3v) is 5.81. The molecule has 2 N–H and O–H groups in total. The van der Waals surface area contributed by atoms with Crippen molar-refractivity contribution in [3.8, 4) is 11.1 Å². The summed E-state index contributed by atoms with van der Waals surface area (Å²) in [4.78, 5) is 24.9. The smallest absolute Gasteiger partial charge is 0.371 e. The Morgan fingerprint density at radius 3 is 2.32 bits per heavy atom. The summed E-state index contributed by atoms with van der Waals surface area (Å²) in [5.74, 6) is -0.578. The van der Waals surface area contributed by atoms with Gasteiger partial charge in [0.1, 0.15) is 0 Å². The van der Waals surface area contributed by atoms with Crippen LogP contribution in [0.3, 0.4) is 0 Å². The molecule has 0 saturated carbocycles. The first-order valence-corrected chi connectivity index (χ1v) is 8.99. The van der Waals surface area contributed by atoms with Crippen LogP contribution in [0.15, 0.2) is 47.6 Å². The van der Waals surface area contributed by atoms with Crippen molar-refractivity contribution in [3.05, 3.63) is 58.5 Å². The van der Waals surface area contributed by atoms with Gasteiger partial charge < -0.3 is 10.6 Å². The molecule has 2 aromatic rings. The fourth-order valence-electron chi connectivity index (χ4n) is 4.32. The number of hydrogen-bond donors (Lipinski definition) is 1. The molecule has 2 aromatic carbocycles. The van der Waals surface area contributed by atoms with E-state index in [-0.39, 0.29) is 23.0 Å². The number of benzene rings is 2. The number of rotatable bonds is 3. The van der Waals surface area contributed by atoms with Crippen molar-refractivity contribution in [1.82, 2.24) is 0 Å². The molecule has 4 rings (SSSR count). The minimum Gasteiger partial charge on any atom is -0.371 e. The fraction of sp³-hybridized carbons (Fsp3) is 0.350. The predicted octanol–water partition coefficient (Wildman–Crippen LogP) is 3.94. The Bertz CT molecular complexity index is 952. The maximum atomic E-state index is 14.1. The lowest BCUT2D eigenvalue weighted by molar-refractivity contribution is -0.175. The van der Waals surface area contributed by atoms with Crippen LogP contribution in [-0.2, 0) is 10.3 Å². The van der Waals surface area contributed by atoms with E-state index in [0.717, 1.165) is 0 Å². The van der Waals surface area contributed by atoms with Crippen LogP contribution in [0.1, 0.15) is 24.0 Å². The molecule has 2 aliphatic rings. The molecule has 8 heteroatoms. The minimum absolute atomic E-state index is 0.142. The van der Waals surface area contributed by atoms with Gasteiger partial charge in [0.15, 0.2) is 0 Å². The van der Waals surface area contributed by atoms with Gasteiger partial charge in [-0.05, 0) is 41.3 Å². The van der Waals surface area contributed by atoms with Gasteiger partial charge in [-0.1, -0.05) is 30.3 Å². The lowest BCUT2D eigenvalue weighted by atomic mass is 9.87. The Kier molecular flexibility index (Phi) is 4.17. The highest BCUT2D eigenvalue weighted by atomic mass is 19.4. The summed E-state index contributed by atoms with van der Waals surface area (Å²) in [5.41, 5.74) is 3.45. The molecule has 1 fully saturated rings. The van der Waals surface area contributed by atoms with Crippen molar-refractivity contribution in [2.45, 2.75) is 24.6 Å². The summed E-state index contributed by atoms with van der Waals surface area (Å²) in [5, 5.41) is 2.64. The van der Waals surface area contributed by atoms with Crippen LogP contribution in [0, 0.1) is 10.8 Å². The molecule has 146 valence electrons. The summed E-state index contributed by atoms with van der Waals surface area (Å²) in [7, 11) is 0. The number of amides is 1. The number of piperidine rings is 1. The number of alkyl halides is 3. The molecule has 0 radical (unpaired) electrons. The topological polar surface area (TPSA) is 75.8 Å². The predicted molar refractivity (Wildman–Crippen MR) is 98.6 cm³/mol. The highest BCUT2D eigenvalue weighted by molar-refractivity contribution is 5.83. The van der Waals surface area contributed by atoms with Crippen molar-refractivity contribution in [1.29, 1.82) is 0 Å². The average molecular weight is 389 g/mol. The molecule has 0 spiro atoms. The van der Waals surface area contributed by atoms with E-state index in [1.807, 2.05) is 4.90 Å². The van der Waals surface area contributed by atoms with Gasteiger partial charge in [0.2, 0.25) is 11.4 Å². The first kappa shape index (κ1) is 18.5. The van der Waals surface area contributed by atoms with Crippen LogP contribution in [0.4, 0.5) is 18.9 Å². The Morgan fingerprint density at radius 2 is 1.71 bits per heavy atom. The van der Waals surface area contributed by atoms with E-state index >= 15 is 0 Å². The molecule has 1 atom stereocenters. The van der Waals surface area contributed by atoms with E-state index < -0.39 is 11.7 Å². The van der Waals surface area contributed by atoms with Gasteiger partial charge in [-0.15, -0.1) is 4.91 Å². The van der Waals surface area contributed by atoms with E-state index in [1.165, 1.54) is 18.2 Å². The number of nitrogens with two attached hydrogens (primary N) is 1. The normalized spacial score (nSPS) is 21.9. The maximum Gasteiger partial charge on any atom is 0.425 e. The van der Waals surface area contributed by atoms with Gasteiger partial charge in [-0.2, -0.15) is 13.2 Å². The molecule has 28 heavy (non-hydrogen) atoms. The third-order valence-electron chi connectivity index (χ3n) is 5.81. The molecule has 1 unspecified atom stereocenters. The van der Waals surface area contributed by atoms with E-state index in [0.29, 0.717) is 42.7 Å². The van der Waals surface area contributed by atoms with Crippen molar-refractivity contribution in [2.24, 2.45) is 16.8 Å². The van der Waals surface area contributed by atoms with Crippen LogP contribution >= 0.6 is 0 Å². The molecule has 0 bridgehead atoms. The van der Waals surface area contributed by atoms with Crippen molar-refractivity contribution in [2.75, 3.05) is 18.0 Å². The van der Waals surface area contributed by atoms with Crippen LogP contribution in [0.5, 0.6) is 0 Å². The summed E-state index contributed by atoms with van der Waals surface area (Å²) >= 11 is 0. The van der Waals surface area contributed by atoms with Crippen LogP contribution in [0.2, 0.25) is 0 Å². The van der Waals surface area contributed by atoms with Crippen LogP contribution < -0.4 is 10.6 Å². The van der Waals surface area contributed by atoms with Gasteiger partial charge in [-0.3, -0.25) is 4.79 Å². The monoisotopic (exact) mass is 389 g/mol. The lowest BCUT2D eigenvalue weighted by Crippen LogP contribution is -2.40. The second kappa shape index (κ2) is 6.32. The van der Waals surface area contributed by atoms with Crippen molar-refractivity contribution in [3.63, 3.8) is 0 Å². The molecule has 1 heterocycles. The molecular weight excluding hydrogens is 371 g/mol. The van der Waals surface area contributed by atoms with E-state index in [9.17, 15) is 22.9 Å². The SMILES string of the molecule is NC(=O)C1CCN(c2ccc3c(c2)C(N=O)(C(F)(F)F)c2ccccc2-3)CC1. The average Bonchev–Trinajstić information content (AvgIpc) is 2.98. The zero-order valence-electron chi connectivity index (χ0n) is 14.9. The quantitative estimate of drug-likeness (QED) is 0.808. The number of anilines is 1. The van der Waals surface area contributed by atoms with E-state index in [2.05, 4.69) is 5.18 Å². The molecule has 1 aliphatic heterocycles. The van der Waals surface area contributed by atoms with Gasteiger partial charge in [-0.25, -0.2) is 0 Å². The number of fused-ring (bicyclic) bond motifs is 3. The van der Waals surface area contributed by atoms with Crippen LogP contribution in [0.25, 0.3) is 11.1 Å². The standard InChI is InChI=1S/C20H18F3N3O2/c21-20(22,23)19(25-28)16-4-2-1-3-14(16)15-6-5-13(11-17(15)19)26-9-7-12(8-10-26)18(24)27/h1-6,11-12H,7-10H2,(H2,24,27). The molecule has 0 aromatic heterocycles. The Labute approximate surface area is 159 Å². The summed E-state index contributed by atoms with van der Waals surface area (Å²) in [6, 6.07) is 10.8. The van der Waals surface area contributed by atoms with Crippen LogP contribution in [-0.4, -0.2) is 25.2 Å². The van der Waals surface area contributed by atoms with Crippen molar-refractivity contribution < 1.29 is 18.0 Å². The Hall–Kier alpha value is -2.90. The number of halogens is 3. The molecule has 1 aliphatic carbocycles. The highest BCUT2D eigenvalue weighted by Gasteiger charge is 2.64. The number of nitroso groups, excluding NO2 is 1. The number of primary amides is 1. The second-order valence-corrected chi connectivity index (χ2v) is 7.24. The molecule has 5 nitrogen and oxygen atoms in total. The molecule has 1 amide bonds. The first-order valence-electron chi connectivity index (χ1n) is 8.99. The summed E-state index contributed by atoms with van der Waals surface area (Å²) < 4.78 is 42.4. The maximum absolute atomic E-state index is 14.1. The number of carbonyl (C=O) groups excluding carboxylic acids is 1. The minimum atomic E-state index is -4.87. The van der Waals surface area contributed by atoms with Gasteiger partial charge in [0, 0.05) is 35.8 Å². The van der Waals surface area contributed by atoms with E-state index in [1.54, 1.807) is 24.3 Å². The summed E-state index contributed by atoms with van der Waals surface area (Å²) in [6.45, 7) is 1.01. The first-order chi connectivity index (χ1) is 13.3. The summed E-state index contributed by atoms with van der Waals surface area (Å²) in [6.07, 6.45) is -3.78. The second-order valence-electron chi connectivity index (χ2n) is 7.24.